The van der Waals surface area contributed by atoms with Gasteiger partial charge in [0.2, 0.25) is 0 Å². The number of carbonyl (C=O) groups excluding carboxylic acids is 1. The van der Waals surface area contributed by atoms with E-state index in [4.69, 9.17) is 4.84 Å². The normalized spacial score (nSPS) is 10.7. The maximum Gasteiger partial charge on any atom is 0.337 e. The van der Waals surface area contributed by atoms with E-state index in [0.717, 1.165) is 15.6 Å². The molecule has 0 aliphatic heterocycles. The minimum absolute atomic E-state index is 0.0377. The van der Waals surface area contributed by atoms with Gasteiger partial charge in [0.1, 0.15) is 0 Å². The molecule has 1 amide bonds. The maximum atomic E-state index is 12.9. The molecule has 0 unspecified atom stereocenters. The van der Waals surface area contributed by atoms with Crippen LogP contribution in [-0.2, 0) is 16.2 Å². The van der Waals surface area contributed by atoms with Gasteiger partial charge in [-0.1, -0.05) is 75.7 Å². The zero-order valence-corrected chi connectivity index (χ0v) is 17.5. The minimum atomic E-state index is -1.11. The van der Waals surface area contributed by atoms with Gasteiger partial charge in [-0.05, 0) is 35.4 Å². The van der Waals surface area contributed by atoms with Crippen molar-refractivity contribution in [3.8, 4) is 0 Å². The van der Waals surface area contributed by atoms with E-state index in [-0.39, 0.29) is 18.7 Å². The SMILES string of the molecule is O=C(O)c1ccccc1N(Cc1ccc(Br)cc1)C(=O)CO/N=C/c1ccccc1. The highest BCUT2D eigenvalue weighted by Gasteiger charge is 2.22. The van der Waals surface area contributed by atoms with Gasteiger partial charge in [0.25, 0.3) is 5.91 Å². The number of carbonyl (C=O) groups is 2. The van der Waals surface area contributed by atoms with Crippen molar-refractivity contribution < 1.29 is 19.5 Å². The summed E-state index contributed by atoms with van der Waals surface area (Å²) in [5.74, 6) is -1.51. The average Bonchev–Trinajstić information content (AvgIpc) is 2.77. The Morgan fingerprint density at radius 1 is 0.967 bits per heavy atom. The standard InChI is InChI=1S/C23H19BrN2O4/c24-19-12-10-18(11-13-19)15-26(21-9-5-4-8-20(21)23(28)29)22(27)16-30-25-14-17-6-2-1-3-7-17/h1-14H,15-16H2,(H,28,29)/b25-14+. The summed E-state index contributed by atoms with van der Waals surface area (Å²) in [7, 11) is 0. The zero-order chi connectivity index (χ0) is 21.3. The van der Waals surface area contributed by atoms with Crippen LogP contribution in [0.15, 0.2) is 88.5 Å². The molecule has 6 nitrogen and oxygen atoms in total. The Balaban J connectivity index is 1.80. The summed E-state index contributed by atoms with van der Waals surface area (Å²) < 4.78 is 0.911. The average molecular weight is 467 g/mol. The van der Waals surface area contributed by atoms with Crippen molar-refractivity contribution in [1.29, 1.82) is 0 Å². The van der Waals surface area contributed by atoms with Crippen molar-refractivity contribution in [2.45, 2.75) is 6.54 Å². The number of rotatable bonds is 8. The first-order valence-corrected chi connectivity index (χ1v) is 9.91. The van der Waals surface area contributed by atoms with Crippen molar-refractivity contribution in [1.82, 2.24) is 0 Å². The number of halogens is 1. The maximum absolute atomic E-state index is 12.9. The number of oxime groups is 1. The number of hydrogen-bond acceptors (Lipinski definition) is 4. The van der Waals surface area contributed by atoms with Gasteiger partial charge in [0.05, 0.1) is 24.0 Å². The highest BCUT2D eigenvalue weighted by atomic mass is 79.9. The molecule has 0 radical (unpaired) electrons. The molecule has 0 fully saturated rings. The van der Waals surface area contributed by atoms with E-state index in [9.17, 15) is 14.7 Å². The smallest absolute Gasteiger partial charge is 0.337 e. The first-order chi connectivity index (χ1) is 14.5. The van der Waals surface area contributed by atoms with Crippen molar-refractivity contribution in [2.24, 2.45) is 5.16 Å². The van der Waals surface area contributed by atoms with Crippen LogP contribution in [0, 0.1) is 0 Å². The zero-order valence-electron chi connectivity index (χ0n) is 15.9. The molecular weight excluding hydrogens is 448 g/mol. The van der Waals surface area contributed by atoms with Gasteiger partial charge >= 0.3 is 5.97 Å². The highest BCUT2D eigenvalue weighted by Crippen LogP contribution is 2.23. The molecule has 7 heteroatoms. The molecule has 0 heterocycles. The van der Waals surface area contributed by atoms with Crippen LogP contribution in [-0.4, -0.2) is 29.8 Å². The summed E-state index contributed by atoms with van der Waals surface area (Å²) in [6, 6.07) is 23.2. The fourth-order valence-electron chi connectivity index (χ4n) is 2.78. The summed E-state index contributed by atoms with van der Waals surface area (Å²) in [6.45, 7) is -0.129. The summed E-state index contributed by atoms with van der Waals surface area (Å²) in [4.78, 5) is 31.2. The number of carboxylic acid groups (broad SMARTS) is 1. The van der Waals surface area contributed by atoms with Crippen LogP contribution in [0.3, 0.4) is 0 Å². The number of carboxylic acids is 1. The predicted octanol–water partition coefficient (Wildman–Crippen LogP) is 4.73. The second kappa shape index (κ2) is 10.4. The topological polar surface area (TPSA) is 79.2 Å². The van der Waals surface area contributed by atoms with E-state index >= 15 is 0 Å². The first-order valence-electron chi connectivity index (χ1n) is 9.12. The van der Waals surface area contributed by atoms with Crippen molar-refractivity contribution in [3.63, 3.8) is 0 Å². The Morgan fingerprint density at radius 3 is 2.33 bits per heavy atom. The number of nitrogens with zero attached hydrogens (tertiary/aromatic N) is 2. The molecule has 0 spiro atoms. The lowest BCUT2D eigenvalue weighted by atomic mass is 10.1. The van der Waals surface area contributed by atoms with E-state index in [2.05, 4.69) is 21.1 Å². The molecule has 0 aromatic heterocycles. The van der Waals surface area contributed by atoms with Crippen molar-refractivity contribution in [3.05, 3.63) is 100 Å². The first kappa shape index (κ1) is 21.3. The van der Waals surface area contributed by atoms with Gasteiger partial charge in [-0.2, -0.15) is 0 Å². The van der Waals surface area contributed by atoms with Crippen LogP contribution in [0.1, 0.15) is 21.5 Å². The summed E-state index contributed by atoms with van der Waals surface area (Å²) in [6.07, 6.45) is 1.51. The van der Waals surface area contributed by atoms with Crippen LogP contribution >= 0.6 is 15.9 Å². The quantitative estimate of drug-likeness (QED) is 0.384. The lowest BCUT2D eigenvalue weighted by Gasteiger charge is -2.24. The van der Waals surface area contributed by atoms with Gasteiger partial charge in [0.15, 0.2) is 6.61 Å². The molecule has 0 saturated heterocycles. The Labute approximate surface area is 182 Å². The molecule has 0 aliphatic rings. The van der Waals surface area contributed by atoms with E-state index < -0.39 is 11.9 Å². The number of hydrogen-bond donors (Lipinski definition) is 1. The molecule has 0 atom stereocenters. The van der Waals surface area contributed by atoms with E-state index in [1.807, 2.05) is 54.6 Å². The molecule has 0 bridgehead atoms. The van der Waals surface area contributed by atoms with E-state index in [1.165, 1.54) is 17.2 Å². The Morgan fingerprint density at radius 2 is 1.63 bits per heavy atom. The lowest BCUT2D eigenvalue weighted by molar-refractivity contribution is -0.123. The third kappa shape index (κ3) is 5.78. The fraction of sp³-hybridized carbons (Fsp3) is 0.0870. The van der Waals surface area contributed by atoms with Crippen LogP contribution in [0.25, 0.3) is 0 Å². The monoisotopic (exact) mass is 466 g/mol. The molecule has 0 saturated carbocycles. The van der Waals surface area contributed by atoms with Gasteiger partial charge in [-0.25, -0.2) is 4.79 Å². The lowest BCUT2D eigenvalue weighted by Crippen LogP contribution is -2.34. The summed E-state index contributed by atoms with van der Waals surface area (Å²) in [5, 5.41) is 13.4. The number of amides is 1. The van der Waals surface area contributed by atoms with Gasteiger partial charge in [0, 0.05) is 4.47 Å². The largest absolute Gasteiger partial charge is 0.478 e. The second-order valence-electron chi connectivity index (χ2n) is 6.35. The van der Waals surface area contributed by atoms with Gasteiger partial charge in [-0.3, -0.25) is 4.79 Å². The molecular formula is C23H19BrN2O4. The van der Waals surface area contributed by atoms with Crippen LogP contribution < -0.4 is 4.90 Å². The minimum Gasteiger partial charge on any atom is -0.478 e. The Kier molecular flexibility index (Phi) is 7.34. The van der Waals surface area contributed by atoms with Crippen LogP contribution in [0.5, 0.6) is 0 Å². The molecule has 3 aromatic rings. The molecule has 30 heavy (non-hydrogen) atoms. The van der Waals surface area contributed by atoms with E-state index in [1.54, 1.807) is 18.2 Å². The van der Waals surface area contributed by atoms with Crippen molar-refractivity contribution in [2.75, 3.05) is 11.5 Å². The third-order valence-corrected chi connectivity index (χ3v) is 4.77. The Hall–Kier alpha value is -3.45. The number of benzene rings is 3. The highest BCUT2D eigenvalue weighted by molar-refractivity contribution is 9.10. The molecule has 1 N–H and O–H groups in total. The summed E-state index contributed by atoms with van der Waals surface area (Å²) in [5.41, 5.74) is 2.02. The molecule has 3 aromatic carbocycles. The molecule has 0 aliphatic carbocycles. The van der Waals surface area contributed by atoms with Gasteiger partial charge in [-0.15, -0.1) is 0 Å². The number of para-hydroxylation sites is 1. The molecule has 152 valence electrons. The number of anilines is 1. The molecule has 3 rings (SSSR count). The van der Waals surface area contributed by atoms with Gasteiger partial charge < -0.3 is 14.8 Å². The predicted molar refractivity (Wildman–Crippen MR) is 119 cm³/mol. The van der Waals surface area contributed by atoms with Crippen molar-refractivity contribution >= 4 is 39.7 Å². The third-order valence-electron chi connectivity index (χ3n) is 4.24. The van der Waals surface area contributed by atoms with E-state index in [0.29, 0.717) is 5.69 Å². The second-order valence-corrected chi connectivity index (χ2v) is 7.26. The van der Waals surface area contributed by atoms with Crippen LogP contribution in [0.2, 0.25) is 0 Å². The number of aromatic carboxylic acids is 1. The fourth-order valence-corrected chi connectivity index (χ4v) is 3.04. The summed E-state index contributed by atoms with van der Waals surface area (Å²) >= 11 is 3.38. The Bertz CT molecular complexity index is 1040. The van der Waals surface area contributed by atoms with Crippen LogP contribution in [0.4, 0.5) is 5.69 Å².